The number of nitrogens with zero attached hydrogens (tertiary/aromatic N) is 2. The van der Waals surface area contributed by atoms with E-state index in [0.717, 1.165) is 159 Å². The van der Waals surface area contributed by atoms with Crippen LogP contribution in [0.25, 0.3) is 175 Å². The van der Waals surface area contributed by atoms with E-state index in [1.807, 2.05) is 30.3 Å². The molecule has 0 saturated heterocycles. The van der Waals surface area contributed by atoms with Crippen LogP contribution in [0.1, 0.15) is 0 Å². The van der Waals surface area contributed by atoms with Crippen molar-refractivity contribution in [2.45, 2.75) is 0 Å². The molecular weight excluding hydrogens is 909 g/mol. The van der Waals surface area contributed by atoms with E-state index < -0.39 is 0 Å². The molecule has 0 unspecified atom stereocenters. The lowest BCUT2D eigenvalue weighted by atomic mass is 9.94. The van der Waals surface area contributed by atoms with E-state index in [-0.39, 0.29) is 0 Å². The molecule has 6 heteroatoms. The standard InChI is InChI=1S/C68H36N2O4/c1-2-16-49-48(15-1)63-53-34-37(24-33-59(53)74-68(63)64-51-17-3-7-20-54(51)69(65(49)64)38-25-27-45-42-12-4-8-21-56(42)71-60(45)35-38)40-18-11-19-47-41(40)31-32-55-62(47)52-30-29-50-44-14-6-10-23-58(44)73-67(50)66(52)70(55)39-26-28-46-43-13-5-9-22-57(43)72-61(46)36-39/h1-36H. The van der Waals surface area contributed by atoms with Crippen molar-refractivity contribution in [3.8, 4) is 22.5 Å². The molecule has 6 aromatic heterocycles. The Hall–Kier alpha value is -10.0. The topological polar surface area (TPSA) is 62.4 Å². The van der Waals surface area contributed by atoms with Crippen molar-refractivity contribution >= 4 is 153 Å². The van der Waals surface area contributed by atoms with Gasteiger partial charge in [0.1, 0.15) is 39.1 Å². The lowest BCUT2D eigenvalue weighted by Crippen LogP contribution is -1.94. The number of rotatable bonds is 3. The third-order valence-corrected chi connectivity index (χ3v) is 16.1. The average Bonchev–Trinajstić information content (AvgIpc) is 4.33. The van der Waals surface area contributed by atoms with Crippen LogP contribution in [0.4, 0.5) is 0 Å². The Bertz CT molecular complexity index is 5520. The van der Waals surface area contributed by atoms with Gasteiger partial charge in [-0.3, -0.25) is 0 Å². The second-order valence-electron chi connectivity index (χ2n) is 19.8. The summed E-state index contributed by atoms with van der Waals surface area (Å²) in [6.07, 6.45) is 0. The number of aromatic nitrogens is 2. The van der Waals surface area contributed by atoms with E-state index in [1.54, 1.807) is 0 Å². The van der Waals surface area contributed by atoms with E-state index in [1.165, 1.54) is 16.2 Å². The number of benzene rings is 12. The van der Waals surface area contributed by atoms with Crippen molar-refractivity contribution < 1.29 is 17.7 Å². The van der Waals surface area contributed by atoms with Crippen LogP contribution in [0.15, 0.2) is 236 Å². The van der Waals surface area contributed by atoms with Crippen LogP contribution in [0.3, 0.4) is 0 Å². The van der Waals surface area contributed by atoms with Gasteiger partial charge in [0.2, 0.25) is 0 Å². The summed E-state index contributed by atoms with van der Waals surface area (Å²) >= 11 is 0. The summed E-state index contributed by atoms with van der Waals surface area (Å²) in [6.45, 7) is 0. The Balaban J connectivity index is 0.878. The summed E-state index contributed by atoms with van der Waals surface area (Å²) in [5, 5.41) is 18.0. The van der Waals surface area contributed by atoms with Gasteiger partial charge in [0, 0.05) is 82.5 Å². The predicted molar refractivity (Wildman–Crippen MR) is 305 cm³/mol. The molecular formula is C68H36N2O4. The van der Waals surface area contributed by atoms with Gasteiger partial charge in [-0.25, -0.2) is 0 Å². The summed E-state index contributed by atoms with van der Waals surface area (Å²) in [5.41, 5.74) is 15.6. The van der Waals surface area contributed by atoms with Gasteiger partial charge in [0.15, 0.2) is 5.58 Å². The number of hydrogen-bond acceptors (Lipinski definition) is 4. The molecule has 18 aromatic rings. The molecule has 0 aliphatic carbocycles. The Morgan fingerprint density at radius 1 is 0.243 bits per heavy atom. The molecule has 6 nitrogen and oxygen atoms in total. The van der Waals surface area contributed by atoms with Gasteiger partial charge in [-0.1, -0.05) is 133 Å². The first-order valence-electron chi connectivity index (χ1n) is 25.1. The molecule has 0 amide bonds. The van der Waals surface area contributed by atoms with E-state index >= 15 is 0 Å². The Kier molecular flexibility index (Phi) is 7.26. The first kappa shape index (κ1) is 38.7. The third-order valence-electron chi connectivity index (χ3n) is 16.1. The summed E-state index contributed by atoms with van der Waals surface area (Å²) in [6, 6.07) is 78.1. The van der Waals surface area contributed by atoms with Crippen LogP contribution in [0.5, 0.6) is 0 Å². The van der Waals surface area contributed by atoms with E-state index in [2.05, 4.69) is 197 Å². The van der Waals surface area contributed by atoms with Gasteiger partial charge in [-0.15, -0.1) is 0 Å². The maximum atomic E-state index is 7.12. The fourth-order valence-corrected chi connectivity index (χ4v) is 13.0. The quantitative estimate of drug-likeness (QED) is 0.177. The van der Waals surface area contributed by atoms with Crippen LogP contribution in [-0.4, -0.2) is 9.13 Å². The van der Waals surface area contributed by atoms with Crippen molar-refractivity contribution in [3.05, 3.63) is 218 Å². The summed E-state index contributed by atoms with van der Waals surface area (Å²) in [5.74, 6) is 0. The molecule has 18 rings (SSSR count). The zero-order valence-electron chi connectivity index (χ0n) is 39.3. The van der Waals surface area contributed by atoms with Gasteiger partial charge in [0.05, 0.1) is 33.1 Å². The largest absolute Gasteiger partial charge is 0.456 e. The predicted octanol–water partition coefficient (Wildman–Crippen LogP) is 19.5. The molecule has 6 heterocycles. The Morgan fingerprint density at radius 3 is 1.49 bits per heavy atom. The SMILES string of the molecule is c1ccc2c(c1)oc1cc(-n3c4ccc5c(-c6ccc7oc8c(c7c6)c6ccccc6c6c8c7ccccc7n6-c6ccc7c(c6)oc6ccccc67)cccc5c4c4ccc5c6ccccc6oc5c43)ccc12. The summed E-state index contributed by atoms with van der Waals surface area (Å²) in [4.78, 5) is 0. The van der Waals surface area contributed by atoms with E-state index in [9.17, 15) is 0 Å². The van der Waals surface area contributed by atoms with Crippen molar-refractivity contribution in [2.75, 3.05) is 0 Å². The molecule has 0 radical (unpaired) electrons. The monoisotopic (exact) mass is 944 g/mol. The zero-order valence-corrected chi connectivity index (χ0v) is 39.3. The van der Waals surface area contributed by atoms with Crippen LogP contribution in [0, 0.1) is 0 Å². The fourth-order valence-electron chi connectivity index (χ4n) is 13.0. The summed E-state index contributed by atoms with van der Waals surface area (Å²) < 4.78 is 31.7. The van der Waals surface area contributed by atoms with Crippen molar-refractivity contribution in [3.63, 3.8) is 0 Å². The van der Waals surface area contributed by atoms with Crippen molar-refractivity contribution in [1.29, 1.82) is 0 Å². The highest BCUT2D eigenvalue weighted by Crippen LogP contribution is 2.49. The molecule has 0 spiro atoms. The van der Waals surface area contributed by atoms with Gasteiger partial charge in [-0.2, -0.15) is 0 Å². The average molecular weight is 945 g/mol. The van der Waals surface area contributed by atoms with Crippen molar-refractivity contribution in [1.82, 2.24) is 9.13 Å². The van der Waals surface area contributed by atoms with Gasteiger partial charge in [-0.05, 0) is 100 Å². The molecule has 0 bridgehead atoms. The van der Waals surface area contributed by atoms with Gasteiger partial charge >= 0.3 is 0 Å². The highest BCUT2D eigenvalue weighted by atomic mass is 16.3. The van der Waals surface area contributed by atoms with E-state index in [0.29, 0.717) is 0 Å². The van der Waals surface area contributed by atoms with Crippen molar-refractivity contribution in [2.24, 2.45) is 0 Å². The first-order chi connectivity index (χ1) is 36.7. The number of hydrogen-bond donors (Lipinski definition) is 0. The second kappa shape index (κ2) is 13.9. The Morgan fingerprint density at radius 2 is 0.757 bits per heavy atom. The summed E-state index contributed by atoms with van der Waals surface area (Å²) in [7, 11) is 0. The highest BCUT2D eigenvalue weighted by Gasteiger charge is 2.26. The molecule has 0 atom stereocenters. The maximum absolute atomic E-state index is 7.12. The first-order valence-corrected chi connectivity index (χ1v) is 25.1. The normalized spacial score (nSPS) is 12.6. The van der Waals surface area contributed by atoms with Crippen LogP contribution >= 0.6 is 0 Å². The molecule has 12 aromatic carbocycles. The van der Waals surface area contributed by atoms with Gasteiger partial charge < -0.3 is 26.8 Å². The molecule has 74 heavy (non-hydrogen) atoms. The zero-order chi connectivity index (χ0) is 47.9. The minimum Gasteiger partial charge on any atom is -0.456 e. The number of furan rings is 4. The van der Waals surface area contributed by atoms with Crippen LogP contribution in [-0.2, 0) is 0 Å². The molecule has 0 aliphatic rings. The lowest BCUT2D eigenvalue weighted by molar-refractivity contribution is 0.667. The van der Waals surface area contributed by atoms with Gasteiger partial charge in [0.25, 0.3) is 0 Å². The molecule has 342 valence electrons. The number of fused-ring (bicyclic) bond motifs is 25. The number of para-hydroxylation sites is 4. The maximum Gasteiger partial charge on any atom is 0.160 e. The minimum absolute atomic E-state index is 0.848. The van der Waals surface area contributed by atoms with Crippen LogP contribution < -0.4 is 0 Å². The highest BCUT2D eigenvalue weighted by molar-refractivity contribution is 6.36. The molecule has 0 aliphatic heterocycles. The minimum atomic E-state index is 0.848. The molecule has 0 fully saturated rings. The van der Waals surface area contributed by atoms with E-state index in [4.69, 9.17) is 17.7 Å². The molecule has 0 N–H and O–H groups in total. The second-order valence-corrected chi connectivity index (χ2v) is 19.8. The van der Waals surface area contributed by atoms with Crippen LogP contribution in [0.2, 0.25) is 0 Å². The molecule has 0 saturated carbocycles. The Labute approximate surface area is 418 Å². The third kappa shape index (κ3) is 4.94. The lowest BCUT2D eigenvalue weighted by Gasteiger charge is -2.11. The fraction of sp³-hybridized carbons (Fsp3) is 0. The smallest absolute Gasteiger partial charge is 0.160 e.